The number of likely N-dealkylation sites (N-methyl/N-ethyl adjacent to an activating group) is 1. The van der Waals surface area contributed by atoms with Gasteiger partial charge in [0.15, 0.2) is 5.69 Å². The molecule has 7 nitrogen and oxygen atoms in total. The second-order valence-corrected chi connectivity index (χ2v) is 7.68. The van der Waals surface area contributed by atoms with Gasteiger partial charge in [-0.2, -0.15) is 0 Å². The fourth-order valence-electron chi connectivity index (χ4n) is 4.01. The number of piperidine rings is 1. The first-order chi connectivity index (χ1) is 14.2. The van der Waals surface area contributed by atoms with E-state index in [0.29, 0.717) is 5.69 Å². The summed E-state index contributed by atoms with van der Waals surface area (Å²) in [5, 5.41) is 19.8. The van der Waals surface area contributed by atoms with E-state index in [4.69, 9.17) is 5.11 Å². The van der Waals surface area contributed by atoms with Crippen LogP contribution in [0, 0.1) is 0 Å². The molecule has 4 rings (SSSR count). The van der Waals surface area contributed by atoms with Crippen molar-refractivity contribution in [3.05, 3.63) is 59.9 Å². The summed E-state index contributed by atoms with van der Waals surface area (Å²) in [6, 6.07) is 15.3. The number of benzene rings is 2. The lowest BCUT2D eigenvalue weighted by Gasteiger charge is -2.32. The van der Waals surface area contributed by atoms with Crippen molar-refractivity contribution in [2.24, 2.45) is 0 Å². The average Bonchev–Trinajstić information content (AvgIpc) is 3.24. The van der Waals surface area contributed by atoms with Crippen molar-refractivity contribution in [3.63, 3.8) is 0 Å². The molecule has 152 valence electrons. The predicted molar refractivity (Wildman–Crippen MR) is 112 cm³/mol. The summed E-state index contributed by atoms with van der Waals surface area (Å²) < 4.78 is 1.83. The molecule has 1 aromatic heterocycles. The zero-order valence-corrected chi connectivity index (χ0v) is 16.7. The number of carbonyl (C=O) groups excluding carboxylic acids is 1. The zero-order valence-electron chi connectivity index (χ0n) is 16.7. The van der Waals surface area contributed by atoms with E-state index in [1.54, 1.807) is 13.2 Å². The number of aromatic nitrogens is 3. The van der Waals surface area contributed by atoms with Crippen LogP contribution in [-0.2, 0) is 6.54 Å². The van der Waals surface area contributed by atoms with Crippen LogP contribution in [0.3, 0.4) is 0 Å². The number of aliphatic hydroxyl groups excluding tert-OH is 1. The van der Waals surface area contributed by atoms with Gasteiger partial charge in [0.05, 0.1) is 18.8 Å². The van der Waals surface area contributed by atoms with E-state index >= 15 is 0 Å². The first-order valence-electron chi connectivity index (χ1n) is 10.1. The van der Waals surface area contributed by atoms with E-state index in [9.17, 15) is 4.79 Å². The van der Waals surface area contributed by atoms with Gasteiger partial charge in [0.25, 0.3) is 5.91 Å². The average molecular weight is 393 g/mol. The molecule has 0 bridgehead atoms. The molecular weight excluding hydrogens is 366 g/mol. The maximum atomic E-state index is 12.3. The fourth-order valence-corrected chi connectivity index (χ4v) is 4.01. The van der Waals surface area contributed by atoms with Crippen molar-refractivity contribution in [3.8, 4) is 0 Å². The van der Waals surface area contributed by atoms with Crippen molar-refractivity contribution in [2.75, 3.05) is 33.3 Å². The SMILES string of the molecule is CN(CCO)C(=O)c1cn(C2CCN(Cc3cccc4ccccc34)CC2)nn1. The van der Waals surface area contributed by atoms with Gasteiger partial charge < -0.3 is 10.0 Å². The summed E-state index contributed by atoms with van der Waals surface area (Å²) in [5.74, 6) is -0.210. The molecule has 29 heavy (non-hydrogen) atoms. The third-order valence-electron chi connectivity index (χ3n) is 5.72. The lowest BCUT2D eigenvalue weighted by atomic mass is 10.0. The second-order valence-electron chi connectivity index (χ2n) is 7.68. The number of likely N-dealkylation sites (tertiary alicyclic amines) is 1. The van der Waals surface area contributed by atoms with Gasteiger partial charge >= 0.3 is 0 Å². The third-order valence-corrected chi connectivity index (χ3v) is 5.72. The first kappa shape index (κ1) is 19.5. The Labute approximate surface area is 170 Å². The van der Waals surface area contributed by atoms with Gasteiger partial charge in [-0.05, 0) is 29.2 Å². The van der Waals surface area contributed by atoms with Gasteiger partial charge in [-0.1, -0.05) is 47.7 Å². The second kappa shape index (κ2) is 8.71. The van der Waals surface area contributed by atoms with Crippen molar-refractivity contribution in [2.45, 2.75) is 25.4 Å². The highest BCUT2D eigenvalue weighted by atomic mass is 16.3. The Hall–Kier alpha value is -2.77. The summed E-state index contributed by atoms with van der Waals surface area (Å²) in [5.41, 5.74) is 1.70. The van der Waals surface area contributed by atoms with E-state index < -0.39 is 0 Å². The number of carbonyl (C=O) groups is 1. The number of hydrogen-bond donors (Lipinski definition) is 1. The lowest BCUT2D eigenvalue weighted by molar-refractivity contribution is 0.0761. The standard InChI is InChI=1S/C22H27N5O2/c1-25(13-14-28)22(29)21-16-27(24-23-21)19-9-11-26(12-10-19)15-18-7-4-6-17-5-2-3-8-20(17)18/h2-8,16,19,28H,9-15H2,1H3. The fraction of sp³-hybridized carbons (Fsp3) is 0.409. The van der Waals surface area contributed by atoms with E-state index in [-0.39, 0.29) is 25.1 Å². The van der Waals surface area contributed by atoms with E-state index in [0.717, 1.165) is 32.5 Å². The Morgan fingerprint density at radius 2 is 1.93 bits per heavy atom. The first-order valence-corrected chi connectivity index (χ1v) is 10.1. The molecule has 0 atom stereocenters. The Morgan fingerprint density at radius 3 is 2.72 bits per heavy atom. The van der Waals surface area contributed by atoms with Crippen molar-refractivity contribution >= 4 is 16.7 Å². The van der Waals surface area contributed by atoms with Gasteiger partial charge in [-0.25, -0.2) is 4.68 Å². The molecule has 0 aliphatic carbocycles. The molecule has 7 heteroatoms. The summed E-state index contributed by atoms with van der Waals surface area (Å²) in [4.78, 5) is 16.2. The predicted octanol–water partition coefficient (Wildman–Crippen LogP) is 2.33. The van der Waals surface area contributed by atoms with Crippen LogP contribution in [0.1, 0.15) is 34.9 Å². The van der Waals surface area contributed by atoms with E-state index in [1.807, 2.05) is 4.68 Å². The Kier molecular flexibility index (Phi) is 5.87. The molecule has 2 heterocycles. The minimum Gasteiger partial charge on any atom is -0.395 e. The molecule has 0 spiro atoms. The van der Waals surface area contributed by atoms with Gasteiger partial charge in [-0.15, -0.1) is 5.10 Å². The number of fused-ring (bicyclic) bond motifs is 1. The van der Waals surface area contributed by atoms with Crippen LogP contribution >= 0.6 is 0 Å². The molecule has 0 radical (unpaired) electrons. The zero-order chi connectivity index (χ0) is 20.2. The molecular formula is C22H27N5O2. The lowest BCUT2D eigenvalue weighted by Crippen LogP contribution is -2.34. The van der Waals surface area contributed by atoms with E-state index in [1.165, 1.54) is 21.2 Å². The molecule has 1 N–H and O–H groups in total. The number of aliphatic hydroxyl groups is 1. The molecule has 2 aromatic carbocycles. The maximum Gasteiger partial charge on any atom is 0.275 e. The topological polar surface area (TPSA) is 74.5 Å². The van der Waals surface area contributed by atoms with Crippen molar-refractivity contribution < 1.29 is 9.90 Å². The number of nitrogens with zero attached hydrogens (tertiary/aromatic N) is 5. The minimum absolute atomic E-state index is 0.0640. The summed E-state index contributed by atoms with van der Waals surface area (Å²) in [6.45, 7) is 3.15. The summed E-state index contributed by atoms with van der Waals surface area (Å²) >= 11 is 0. The van der Waals surface area contributed by atoms with Crippen LogP contribution in [0.4, 0.5) is 0 Å². The molecule has 1 saturated heterocycles. The number of amides is 1. The Balaban J connectivity index is 1.37. The molecule has 0 unspecified atom stereocenters. The van der Waals surface area contributed by atoms with Gasteiger partial charge in [0.2, 0.25) is 0 Å². The van der Waals surface area contributed by atoms with Crippen molar-refractivity contribution in [1.29, 1.82) is 0 Å². The molecule has 1 amide bonds. The maximum absolute atomic E-state index is 12.3. The van der Waals surface area contributed by atoms with Gasteiger partial charge in [0, 0.05) is 33.2 Å². The largest absolute Gasteiger partial charge is 0.395 e. The monoisotopic (exact) mass is 393 g/mol. The highest BCUT2D eigenvalue weighted by molar-refractivity contribution is 5.91. The van der Waals surface area contributed by atoms with Gasteiger partial charge in [-0.3, -0.25) is 9.69 Å². The van der Waals surface area contributed by atoms with Crippen LogP contribution < -0.4 is 0 Å². The van der Waals surface area contributed by atoms with Gasteiger partial charge in [0.1, 0.15) is 0 Å². The minimum atomic E-state index is -0.210. The van der Waals surface area contributed by atoms with Crippen LogP contribution in [0.15, 0.2) is 48.7 Å². The highest BCUT2D eigenvalue weighted by Gasteiger charge is 2.24. The molecule has 0 saturated carbocycles. The quantitative estimate of drug-likeness (QED) is 0.696. The van der Waals surface area contributed by atoms with Crippen LogP contribution in [0.25, 0.3) is 10.8 Å². The highest BCUT2D eigenvalue weighted by Crippen LogP contribution is 2.25. The Morgan fingerprint density at radius 1 is 1.17 bits per heavy atom. The van der Waals surface area contributed by atoms with Crippen LogP contribution in [0.2, 0.25) is 0 Å². The Bertz CT molecular complexity index is 973. The van der Waals surface area contributed by atoms with Crippen LogP contribution in [0.5, 0.6) is 0 Å². The van der Waals surface area contributed by atoms with Crippen LogP contribution in [-0.4, -0.2) is 69.1 Å². The smallest absolute Gasteiger partial charge is 0.275 e. The summed E-state index contributed by atoms with van der Waals surface area (Å²) in [6.07, 6.45) is 3.70. The summed E-state index contributed by atoms with van der Waals surface area (Å²) in [7, 11) is 1.66. The van der Waals surface area contributed by atoms with E-state index in [2.05, 4.69) is 57.7 Å². The molecule has 1 aliphatic rings. The molecule has 1 aliphatic heterocycles. The third kappa shape index (κ3) is 4.31. The normalized spacial score (nSPS) is 15.7. The molecule has 1 fully saturated rings. The number of hydrogen-bond acceptors (Lipinski definition) is 5. The number of rotatable bonds is 6. The molecule has 3 aromatic rings. The van der Waals surface area contributed by atoms with Crippen molar-refractivity contribution in [1.82, 2.24) is 24.8 Å².